The molecule has 0 saturated heterocycles. The van der Waals surface area contributed by atoms with Crippen LogP contribution in [0.3, 0.4) is 0 Å². The predicted molar refractivity (Wildman–Crippen MR) is 92.4 cm³/mol. The Morgan fingerprint density at radius 1 is 1.31 bits per heavy atom. The van der Waals surface area contributed by atoms with E-state index >= 15 is 0 Å². The van der Waals surface area contributed by atoms with Crippen LogP contribution >= 0.6 is 11.6 Å². The molecule has 2 aromatic carbocycles. The summed E-state index contributed by atoms with van der Waals surface area (Å²) in [5.74, 6) is -2.63. The molecule has 0 saturated carbocycles. The molecule has 10 heteroatoms. The Morgan fingerprint density at radius 2 is 2.00 bits per heavy atom. The zero-order chi connectivity index (χ0) is 19.4. The molecule has 136 valence electrons. The molecular weight excluding hydrogens is 369 g/mol. The number of nitrogens with one attached hydrogen (secondary N) is 1. The quantitative estimate of drug-likeness (QED) is 0.355. The molecule has 0 spiro atoms. The van der Waals surface area contributed by atoms with Gasteiger partial charge in [-0.05, 0) is 37.3 Å². The second-order valence-electron chi connectivity index (χ2n) is 5.19. The SMILES string of the molecule is CC(OC(=O)c1ccc(Cl)cc1N)C(=O)Nc1ccc(F)c([N+](=O)[O-])c1. The first-order valence-corrected chi connectivity index (χ1v) is 7.57. The fourth-order valence-electron chi connectivity index (χ4n) is 1.97. The van der Waals surface area contributed by atoms with Gasteiger partial charge in [0.05, 0.1) is 10.5 Å². The third-order valence-electron chi connectivity index (χ3n) is 3.30. The van der Waals surface area contributed by atoms with Gasteiger partial charge in [-0.15, -0.1) is 0 Å². The molecule has 0 bridgehead atoms. The third-order valence-corrected chi connectivity index (χ3v) is 3.53. The average Bonchev–Trinajstić information content (AvgIpc) is 2.55. The van der Waals surface area contributed by atoms with E-state index in [-0.39, 0.29) is 16.9 Å². The maximum atomic E-state index is 13.3. The van der Waals surface area contributed by atoms with Crippen LogP contribution < -0.4 is 11.1 Å². The fourth-order valence-corrected chi connectivity index (χ4v) is 2.15. The summed E-state index contributed by atoms with van der Waals surface area (Å²) in [6, 6.07) is 7.01. The third kappa shape index (κ3) is 4.45. The first-order chi connectivity index (χ1) is 12.2. The Balaban J connectivity index is 2.07. The lowest BCUT2D eigenvalue weighted by Gasteiger charge is -2.14. The van der Waals surface area contributed by atoms with Crippen LogP contribution in [0.5, 0.6) is 0 Å². The van der Waals surface area contributed by atoms with Gasteiger partial charge in [-0.3, -0.25) is 14.9 Å². The highest BCUT2D eigenvalue weighted by Crippen LogP contribution is 2.22. The highest BCUT2D eigenvalue weighted by Gasteiger charge is 2.22. The highest BCUT2D eigenvalue weighted by molar-refractivity contribution is 6.31. The average molecular weight is 382 g/mol. The van der Waals surface area contributed by atoms with E-state index in [9.17, 15) is 24.1 Å². The molecule has 26 heavy (non-hydrogen) atoms. The van der Waals surface area contributed by atoms with Gasteiger partial charge in [0.1, 0.15) is 0 Å². The predicted octanol–water partition coefficient (Wildman–Crippen LogP) is 3.15. The zero-order valence-corrected chi connectivity index (χ0v) is 14.1. The van der Waals surface area contributed by atoms with E-state index in [0.717, 1.165) is 18.2 Å². The van der Waals surface area contributed by atoms with Gasteiger partial charge in [-0.2, -0.15) is 4.39 Å². The molecule has 1 unspecified atom stereocenters. The summed E-state index contributed by atoms with van der Waals surface area (Å²) >= 11 is 5.74. The molecule has 0 fully saturated rings. The minimum absolute atomic E-state index is 0.0167. The molecule has 0 aliphatic carbocycles. The van der Waals surface area contributed by atoms with Crippen LogP contribution in [0.4, 0.5) is 21.5 Å². The van der Waals surface area contributed by atoms with E-state index < -0.39 is 34.4 Å². The number of nitro groups is 1. The van der Waals surface area contributed by atoms with Crippen LogP contribution in [-0.4, -0.2) is 22.9 Å². The summed E-state index contributed by atoms with van der Waals surface area (Å²) in [5, 5.41) is 13.4. The number of carbonyl (C=O) groups excluding carboxylic acids is 2. The Labute approximate surface area is 151 Å². The second kappa shape index (κ2) is 7.79. The van der Waals surface area contributed by atoms with Gasteiger partial charge < -0.3 is 15.8 Å². The number of nitro benzene ring substituents is 1. The largest absolute Gasteiger partial charge is 0.449 e. The Kier molecular flexibility index (Phi) is 5.73. The number of nitrogen functional groups attached to an aromatic ring is 1. The van der Waals surface area contributed by atoms with Crippen molar-refractivity contribution in [2.45, 2.75) is 13.0 Å². The number of nitrogens with two attached hydrogens (primary N) is 1. The maximum Gasteiger partial charge on any atom is 0.341 e. The highest BCUT2D eigenvalue weighted by atomic mass is 35.5. The summed E-state index contributed by atoms with van der Waals surface area (Å²) in [6.45, 7) is 1.30. The van der Waals surface area contributed by atoms with Gasteiger partial charge in [0.2, 0.25) is 5.82 Å². The number of hydrogen-bond donors (Lipinski definition) is 2. The minimum Gasteiger partial charge on any atom is -0.449 e. The van der Waals surface area contributed by atoms with E-state index in [1.54, 1.807) is 0 Å². The van der Waals surface area contributed by atoms with Crippen LogP contribution in [-0.2, 0) is 9.53 Å². The smallest absolute Gasteiger partial charge is 0.341 e. The number of benzene rings is 2. The van der Waals surface area contributed by atoms with Gasteiger partial charge >= 0.3 is 11.7 Å². The van der Waals surface area contributed by atoms with Crippen LogP contribution in [0, 0.1) is 15.9 Å². The van der Waals surface area contributed by atoms with Crippen molar-refractivity contribution in [3.05, 3.63) is 62.9 Å². The lowest BCUT2D eigenvalue weighted by Crippen LogP contribution is -2.30. The number of esters is 1. The molecule has 2 rings (SSSR count). The van der Waals surface area contributed by atoms with Crippen LogP contribution in [0.2, 0.25) is 5.02 Å². The zero-order valence-electron chi connectivity index (χ0n) is 13.4. The van der Waals surface area contributed by atoms with E-state index in [0.29, 0.717) is 5.02 Å². The normalized spacial score (nSPS) is 11.5. The van der Waals surface area contributed by atoms with Crippen molar-refractivity contribution < 1.29 is 23.6 Å². The summed E-state index contributed by atoms with van der Waals surface area (Å²) in [6.07, 6.45) is -1.23. The Morgan fingerprint density at radius 3 is 2.62 bits per heavy atom. The van der Waals surface area contributed by atoms with Gasteiger partial charge in [0, 0.05) is 22.5 Å². The monoisotopic (exact) mass is 381 g/mol. The molecule has 0 aliphatic heterocycles. The Bertz CT molecular complexity index is 890. The summed E-state index contributed by atoms with van der Waals surface area (Å²) in [5.41, 5.74) is 4.99. The molecule has 0 aromatic heterocycles. The van der Waals surface area contributed by atoms with Crippen molar-refractivity contribution in [1.82, 2.24) is 0 Å². The van der Waals surface area contributed by atoms with Crippen molar-refractivity contribution in [3.8, 4) is 0 Å². The number of carbonyl (C=O) groups is 2. The maximum absolute atomic E-state index is 13.3. The summed E-state index contributed by atoms with van der Waals surface area (Å²) in [7, 11) is 0. The Hall–Kier alpha value is -3.20. The molecule has 1 amide bonds. The molecule has 0 heterocycles. The van der Waals surface area contributed by atoms with Gasteiger partial charge in [0.15, 0.2) is 6.10 Å². The summed E-state index contributed by atoms with van der Waals surface area (Å²) in [4.78, 5) is 33.9. The van der Waals surface area contributed by atoms with Crippen LogP contribution in [0.15, 0.2) is 36.4 Å². The fraction of sp³-hybridized carbons (Fsp3) is 0.125. The van der Waals surface area contributed by atoms with Crippen LogP contribution in [0.1, 0.15) is 17.3 Å². The van der Waals surface area contributed by atoms with E-state index in [4.69, 9.17) is 22.1 Å². The van der Waals surface area contributed by atoms with E-state index in [1.807, 2.05) is 0 Å². The number of anilines is 2. The summed E-state index contributed by atoms with van der Waals surface area (Å²) < 4.78 is 18.3. The molecule has 2 aromatic rings. The number of rotatable bonds is 5. The molecule has 8 nitrogen and oxygen atoms in total. The first kappa shape index (κ1) is 19.1. The van der Waals surface area contributed by atoms with Gasteiger partial charge in [-0.1, -0.05) is 11.6 Å². The number of hydrogen-bond acceptors (Lipinski definition) is 6. The first-order valence-electron chi connectivity index (χ1n) is 7.20. The van der Waals surface area contributed by atoms with Crippen molar-refractivity contribution in [2.24, 2.45) is 0 Å². The molecule has 0 radical (unpaired) electrons. The lowest BCUT2D eigenvalue weighted by atomic mass is 10.2. The topological polar surface area (TPSA) is 125 Å². The van der Waals surface area contributed by atoms with Crippen LogP contribution in [0.25, 0.3) is 0 Å². The van der Waals surface area contributed by atoms with E-state index in [2.05, 4.69) is 5.32 Å². The van der Waals surface area contributed by atoms with E-state index in [1.165, 1.54) is 25.1 Å². The standard InChI is InChI=1S/C16H13ClFN3O5/c1-8(26-16(23)11-4-2-9(17)6-13(11)19)15(22)20-10-3-5-12(18)14(7-10)21(24)25/h2-8H,19H2,1H3,(H,20,22). The lowest BCUT2D eigenvalue weighted by molar-refractivity contribution is -0.387. The number of ether oxygens (including phenoxy) is 1. The number of amides is 1. The number of nitrogens with zero attached hydrogens (tertiary/aromatic N) is 1. The van der Waals surface area contributed by atoms with Crippen molar-refractivity contribution in [3.63, 3.8) is 0 Å². The van der Waals surface area contributed by atoms with Crippen molar-refractivity contribution in [1.29, 1.82) is 0 Å². The van der Waals surface area contributed by atoms with Crippen molar-refractivity contribution in [2.75, 3.05) is 11.1 Å². The van der Waals surface area contributed by atoms with Gasteiger partial charge in [-0.25, -0.2) is 4.79 Å². The van der Waals surface area contributed by atoms with Crippen molar-refractivity contribution >= 4 is 40.5 Å². The molecule has 1 atom stereocenters. The van der Waals surface area contributed by atoms with Gasteiger partial charge in [0.25, 0.3) is 5.91 Å². The second-order valence-corrected chi connectivity index (χ2v) is 5.63. The molecule has 3 N–H and O–H groups in total. The number of halogens is 2. The molecular formula is C16H13ClFN3O5. The minimum atomic E-state index is -1.23. The molecule has 0 aliphatic rings.